The van der Waals surface area contributed by atoms with Gasteiger partial charge >= 0.3 is 5.97 Å². The molecular weight excluding hydrogens is 469 g/mol. The van der Waals surface area contributed by atoms with Crippen molar-refractivity contribution in [3.05, 3.63) is 89.7 Å². The number of carbonyl (C=O) groups is 3. The van der Waals surface area contributed by atoms with Gasteiger partial charge in [0.1, 0.15) is 23.1 Å². The number of esters is 1. The molecule has 0 aromatic heterocycles. The zero-order valence-electron chi connectivity index (χ0n) is 17.8. The van der Waals surface area contributed by atoms with Gasteiger partial charge in [0.15, 0.2) is 6.10 Å². The van der Waals surface area contributed by atoms with E-state index in [1.165, 1.54) is 37.3 Å². The minimum Gasteiger partial charge on any atom is -0.449 e. The largest absolute Gasteiger partial charge is 0.449 e. The van der Waals surface area contributed by atoms with E-state index in [4.69, 9.17) is 4.74 Å². The molecule has 0 aliphatic carbocycles. The quantitative estimate of drug-likeness (QED) is 0.344. The monoisotopic (exact) mass is 488 g/mol. The predicted octanol–water partition coefficient (Wildman–Crippen LogP) is 5.02. The highest BCUT2D eigenvalue weighted by molar-refractivity contribution is 8.00. The molecular formula is C24H19F3N2O4S. The van der Waals surface area contributed by atoms with Crippen LogP contribution in [0.15, 0.2) is 71.6 Å². The van der Waals surface area contributed by atoms with Gasteiger partial charge in [-0.1, -0.05) is 18.2 Å². The van der Waals surface area contributed by atoms with E-state index in [0.717, 1.165) is 30.0 Å². The molecule has 0 heterocycles. The van der Waals surface area contributed by atoms with Gasteiger partial charge in [-0.15, -0.1) is 11.8 Å². The number of amides is 2. The molecule has 3 aromatic carbocycles. The molecule has 3 aromatic rings. The van der Waals surface area contributed by atoms with Crippen LogP contribution in [-0.2, 0) is 14.3 Å². The number of thioether (sulfide) groups is 1. The Balaban J connectivity index is 1.60. The lowest BCUT2D eigenvalue weighted by molar-refractivity contribution is -0.123. The molecule has 0 radical (unpaired) electrons. The van der Waals surface area contributed by atoms with Crippen LogP contribution < -0.4 is 10.6 Å². The van der Waals surface area contributed by atoms with Crippen LogP contribution in [0.2, 0.25) is 0 Å². The molecule has 0 saturated carbocycles. The van der Waals surface area contributed by atoms with Gasteiger partial charge < -0.3 is 15.4 Å². The van der Waals surface area contributed by atoms with Crippen molar-refractivity contribution >= 4 is 40.9 Å². The third-order valence-corrected chi connectivity index (χ3v) is 5.53. The number of rotatable bonds is 8. The predicted molar refractivity (Wildman–Crippen MR) is 122 cm³/mol. The van der Waals surface area contributed by atoms with Crippen LogP contribution in [0.5, 0.6) is 0 Å². The summed E-state index contributed by atoms with van der Waals surface area (Å²) in [4.78, 5) is 37.5. The van der Waals surface area contributed by atoms with Gasteiger partial charge in [-0.2, -0.15) is 0 Å². The molecule has 0 spiro atoms. The summed E-state index contributed by atoms with van der Waals surface area (Å²) in [6, 6.07) is 14.7. The van der Waals surface area contributed by atoms with E-state index in [2.05, 4.69) is 10.6 Å². The fourth-order valence-corrected chi connectivity index (χ4v) is 3.59. The Bertz CT molecular complexity index is 1180. The smallest absolute Gasteiger partial charge is 0.340 e. The lowest BCUT2D eigenvalue weighted by Gasteiger charge is -2.15. The highest BCUT2D eigenvalue weighted by Gasteiger charge is 2.23. The van der Waals surface area contributed by atoms with Gasteiger partial charge in [-0.3, -0.25) is 9.59 Å². The molecule has 10 heteroatoms. The fourth-order valence-electron chi connectivity index (χ4n) is 2.75. The van der Waals surface area contributed by atoms with Gasteiger partial charge in [0.05, 0.1) is 11.3 Å². The number of hydrogen-bond acceptors (Lipinski definition) is 5. The number of nitrogens with one attached hydrogen (secondary N) is 2. The van der Waals surface area contributed by atoms with E-state index in [1.54, 1.807) is 18.2 Å². The van der Waals surface area contributed by atoms with Crippen LogP contribution in [0.4, 0.5) is 24.5 Å². The topological polar surface area (TPSA) is 84.5 Å². The zero-order valence-corrected chi connectivity index (χ0v) is 18.6. The summed E-state index contributed by atoms with van der Waals surface area (Å²) in [5, 5.41) is 4.68. The maximum Gasteiger partial charge on any atom is 0.340 e. The third kappa shape index (κ3) is 6.61. The van der Waals surface area contributed by atoms with Gasteiger partial charge in [0.2, 0.25) is 5.91 Å². The van der Waals surface area contributed by atoms with Crippen LogP contribution >= 0.6 is 11.8 Å². The first kappa shape index (κ1) is 24.8. The first-order valence-corrected chi connectivity index (χ1v) is 11.0. The van der Waals surface area contributed by atoms with E-state index in [0.29, 0.717) is 10.6 Å². The Morgan fingerprint density at radius 3 is 2.21 bits per heavy atom. The molecule has 6 nitrogen and oxygen atoms in total. The Kier molecular flexibility index (Phi) is 8.31. The fraction of sp³-hybridized carbons (Fsp3) is 0.125. The van der Waals surface area contributed by atoms with Gasteiger partial charge in [0.25, 0.3) is 5.91 Å². The lowest BCUT2D eigenvalue weighted by Crippen LogP contribution is -2.30. The highest BCUT2D eigenvalue weighted by Crippen LogP contribution is 2.24. The number of carbonyl (C=O) groups excluding carboxylic acids is 3. The number of anilines is 2. The summed E-state index contributed by atoms with van der Waals surface area (Å²) in [5.74, 6) is -4.55. The Labute approximate surface area is 197 Å². The molecule has 1 unspecified atom stereocenters. The summed E-state index contributed by atoms with van der Waals surface area (Å²) < 4.78 is 45.6. The molecule has 0 aliphatic heterocycles. The van der Waals surface area contributed by atoms with Crippen LogP contribution in [-0.4, -0.2) is 29.6 Å². The maximum atomic E-state index is 13.7. The van der Waals surface area contributed by atoms with Crippen LogP contribution in [0.1, 0.15) is 17.3 Å². The lowest BCUT2D eigenvalue weighted by atomic mass is 10.2. The number of benzene rings is 3. The molecule has 0 aliphatic rings. The number of para-hydroxylation sites is 1. The van der Waals surface area contributed by atoms with Crippen molar-refractivity contribution < 1.29 is 32.3 Å². The molecule has 2 N–H and O–H groups in total. The van der Waals surface area contributed by atoms with Crippen LogP contribution in [0.3, 0.4) is 0 Å². The molecule has 0 bridgehead atoms. The Morgan fingerprint density at radius 1 is 0.882 bits per heavy atom. The van der Waals surface area contributed by atoms with Gasteiger partial charge in [0, 0.05) is 10.6 Å². The third-order valence-electron chi connectivity index (χ3n) is 4.46. The van der Waals surface area contributed by atoms with Crippen molar-refractivity contribution in [1.82, 2.24) is 0 Å². The van der Waals surface area contributed by atoms with Crippen molar-refractivity contribution in [2.24, 2.45) is 0 Å². The van der Waals surface area contributed by atoms with E-state index in [1.807, 2.05) is 0 Å². The standard InChI is InChI=1S/C24H19F3N2O4S/c1-14(23(31)29-22-18(26)6-4-7-19(22)27)33-24(32)17-5-2-3-8-20(17)34-13-21(30)28-16-11-9-15(25)10-12-16/h2-12,14H,13H2,1H3,(H,28,30)(H,29,31). The van der Waals surface area contributed by atoms with Crippen molar-refractivity contribution in [3.63, 3.8) is 0 Å². The van der Waals surface area contributed by atoms with Crippen molar-refractivity contribution in [1.29, 1.82) is 0 Å². The number of halogens is 3. The first-order valence-electron chi connectivity index (χ1n) is 9.97. The van der Waals surface area contributed by atoms with Gasteiger partial charge in [-0.25, -0.2) is 18.0 Å². The Hall–Kier alpha value is -3.79. The van der Waals surface area contributed by atoms with Crippen molar-refractivity contribution in [2.75, 3.05) is 16.4 Å². The number of hydrogen-bond donors (Lipinski definition) is 2. The average Bonchev–Trinajstić information content (AvgIpc) is 2.81. The second-order valence-electron chi connectivity index (χ2n) is 6.97. The first-order chi connectivity index (χ1) is 16.2. The number of ether oxygens (including phenoxy) is 1. The Morgan fingerprint density at radius 2 is 1.53 bits per heavy atom. The zero-order chi connectivity index (χ0) is 24.7. The van der Waals surface area contributed by atoms with E-state index < -0.39 is 41.1 Å². The molecule has 34 heavy (non-hydrogen) atoms. The molecule has 3 rings (SSSR count). The molecule has 176 valence electrons. The van der Waals surface area contributed by atoms with E-state index >= 15 is 0 Å². The molecule has 0 saturated heterocycles. The van der Waals surface area contributed by atoms with Crippen molar-refractivity contribution in [3.8, 4) is 0 Å². The highest BCUT2D eigenvalue weighted by atomic mass is 32.2. The normalized spacial score (nSPS) is 11.4. The SMILES string of the molecule is CC(OC(=O)c1ccccc1SCC(=O)Nc1ccc(F)cc1)C(=O)Nc1c(F)cccc1F. The summed E-state index contributed by atoms with van der Waals surface area (Å²) >= 11 is 1.06. The molecule has 1 atom stereocenters. The summed E-state index contributed by atoms with van der Waals surface area (Å²) in [7, 11) is 0. The minimum atomic E-state index is -1.36. The van der Waals surface area contributed by atoms with E-state index in [-0.39, 0.29) is 17.2 Å². The summed E-state index contributed by atoms with van der Waals surface area (Å²) in [5.41, 5.74) is -0.108. The minimum absolute atomic E-state index is 0.0513. The second kappa shape index (κ2) is 11.4. The average molecular weight is 488 g/mol. The van der Waals surface area contributed by atoms with Gasteiger partial charge in [-0.05, 0) is 55.5 Å². The van der Waals surface area contributed by atoms with Crippen LogP contribution in [0.25, 0.3) is 0 Å². The van der Waals surface area contributed by atoms with Crippen molar-refractivity contribution in [2.45, 2.75) is 17.9 Å². The second-order valence-corrected chi connectivity index (χ2v) is 7.99. The maximum absolute atomic E-state index is 13.7. The van der Waals surface area contributed by atoms with E-state index in [9.17, 15) is 27.6 Å². The molecule has 2 amide bonds. The summed E-state index contributed by atoms with van der Waals surface area (Å²) in [6.07, 6.45) is -1.36. The summed E-state index contributed by atoms with van der Waals surface area (Å²) in [6.45, 7) is 1.26. The molecule has 0 fully saturated rings. The van der Waals surface area contributed by atoms with Crippen LogP contribution in [0, 0.1) is 17.5 Å².